The highest BCUT2D eigenvalue weighted by Gasteiger charge is 2.35. The SMILES string of the molecule is CN1CCN(P(C)(=O)N2CCN(C)CC2)CC1. The highest BCUT2D eigenvalue weighted by Crippen LogP contribution is 2.49. The average molecular weight is 260 g/mol. The highest BCUT2D eigenvalue weighted by atomic mass is 31.2. The van der Waals surface area contributed by atoms with Crippen LogP contribution in [0, 0.1) is 0 Å². The standard InChI is InChI=1S/C11H25N4OP/c1-12-4-8-14(9-5-12)17(3,16)15-10-6-13(2)7-11-15/h4-11H2,1-3H3. The van der Waals surface area contributed by atoms with Crippen LogP contribution in [0.2, 0.25) is 0 Å². The molecule has 2 aliphatic heterocycles. The molecule has 2 saturated heterocycles. The Bertz CT molecular complexity index is 270. The molecule has 0 radical (unpaired) electrons. The molecule has 0 aliphatic carbocycles. The summed E-state index contributed by atoms with van der Waals surface area (Å²) in [7, 11) is 1.98. The van der Waals surface area contributed by atoms with Gasteiger partial charge in [0.05, 0.1) is 0 Å². The Balaban J connectivity index is 1.95. The molecule has 0 aromatic rings. The van der Waals surface area contributed by atoms with E-state index in [1.54, 1.807) is 0 Å². The fourth-order valence-electron chi connectivity index (χ4n) is 2.51. The number of nitrogens with zero attached hydrogens (tertiary/aromatic N) is 4. The summed E-state index contributed by atoms with van der Waals surface area (Å²) in [5.41, 5.74) is 0. The van der Waals surface area contributed by atoms with Crippen LogP contribution in [-0.2, 0) is 4.57 Å². The molecular formula is C11H25N4OP. The molecule has 0 aromatic heterocycles. The van der Waals surface area contributed by atoms with Gasteiger partial charge in [-0.05, 0) is 14.1 Å². The van der Waals surface area contributed by atoms with E-state index in [1.807, 2.05) is 6.66 Å². The van der Waals surface area contributed by atoms with Crippen molar-refractivity contribution >= 4 is 7.44 Å². The summed E-state index contributed by atoms with van der Waals surface area (Å²) in [6, 6.07) is 0. The molecule has 2 aliphatic rings. The highest BCUT2D eigenvalue weighted by molar-refractivity contribution is 7.58. The van der Waals surface area contributed by atoms with Crippen LogP contribution >= 0.6 is 7.44 Å². The minimum Gasteiger partial charge on any atom is -0.304 e. The summed E-state index contributed by atoms with van der Waals surface area (Å²) < 4.78 is 17.4. The Morgan fingerprint density at radius 3 is 1.29 bits per heavy atom. The van der Waals surface area contributed by atoms with Crippen LogP contribution in [0.4, 0.5) is 0 Å². The van der Waals surface area contributed by atoms with E-state index in [0.717, 1.165) is 52.4 Å². The largest absolute Gasteiger partial charge is 0.304 e. The first-order chi connectivity index (χ1) is 8.00. The van der Waals surface area contributed by atoms with Crippen LogP contribution in [-0.4, -0.2) is 92.3 Å². The molecule has 17 heavy (non-hydrogen) atoms. The second-order valence-electron chi connectivity index (χ2n) is 5.35. The Kier molecular flexibility index (Phi) is 4.26. The third kappa shape index (κ3) is 3.09. The maximum Gasteiger partial charge on any atom is 0.213 e. The van der Waals surface area contributed by atoms with E-state index < -0.39 is 7.44 Å². The molecule has 0 saturated carbocycles. The molecule has 100 valence electrons. The quantitative estimate of drug-likeness (QED) is 0.667. The monoisotopic (exact) mass is 260 g/mol. The van der Waals surface area contributed by atoms with Crippen molar-refractivity contribution in [2.45, 2.75) is 0 Å². The van der Waals surface area contributed by atoms with Crippen LogP contribution in [0.5, 0.6) is 0 Å². The topological polar surface area (TPSA) is 30.0 Å². The first-order valence-electron chi connectivity index (χ1n) is 6.45. The predicted molar refractivity (Wildman–Crippen MR) is 71.7 cm³/mol. The maximum absolute atomic E-state index is 13.0. The zero-order chi connectivity index (χ0) is 12.5. The van der Waals surface area contributed by atoms with Crippen LogP contribution in [0.3, 0.4) is 0 Å². The molecule has 0 spiro atoms. The van der Waals surface area contributed by atoms with Gasteiger partial charge in [-0.25, -0.2) is 9.34 Å². The minimum atomic E-state index is -2.28. The second kappa shape index (κ2) is 5.37. The number of hydrogen-bond donors (Lipinski definition) is 0. The van der Waals surface area contributed by atoms with Crippen molar-refractivity contribution in [2.24, 2.45) is 0 Å². The van der Waals surface area contributed by atoms with E-state index in [9.17, 15) is 4.57 Å². The van der Waals surface area contributed by atoms with Crippen LogP contribution in [0.25, 0.3) is 0 Å². The third-order valence-corrected chi connectivity index (χ3v) is 6.91. The van der Waals surface area contributed by atoms with E-state index in [1.165, 1.54) is 0 Å². The summed E-state index contributed by atoms with van der Waals surface area (Å²) in [5, 5.41) is 0. The van der Waals surface area contributed by atoms with Gasteiger partial charge in [0.15, 0.2) is 0 Å². The predicted octanol–water partition coefficient (Wildman–Crippen LogP) is 0.304. The summed E-state index contributed by atoms with van der Waals surface area (Å²) in [6.45, 7) is 9.85. The maximum atomic E-state index is 13.0. The minimum absolute atomic E-state index is 0.941. The number of piperazine rings is 2. The van der Waals surface area contributed by atoms with Crippen molar-refractivity contribution in [1.29, 1.82) is 0 Å². The average Bonchev–Trinajstić information content (AvgIpc) is 2.30. The molecule has 0 bridgehead atoms. The van der Waals surface area contributed by atoms with Crippen LogP contribution < -0.4 is 0 Å². The van der Waals surface area contributed by atoms with Gasteiger partial charge in [0.1, 0.15) is 0 Å². The number of hydrogen-bond acceptors (Lipinski definition) is 3. The van der Waals surface area contributed by atoms with E-state index in [0.29, 0.717) is 0 Å². The van der Waals surface area contributed by atoms with Crippen LogP contribution in [0.15, 0.2) is 0 Å². The Labute approximate surface area is 105 Å². The van der Waals surface area contributed by atoms with Gasteiger partial charge in [-0.2, -0.15) is 0 Å². The molecule has 0 aromatic carbocycles. The smallest absolute Gasteiger partial charge is 0.213 e. The van der Waals surface area contributed by atoms with Gasteiger partial charge < -0.3 is 9.80 Å². The van der Waals surface area contributed by atoms with E-state index in [-0.39, 0.29) is 0 Å². The van der Waals surface area contributed by atoms with Gasteiger partial charge in [0.2, 0.25) is 7.44 Å². The Morgan fingerprint density at radius 2 is 1.00 bits per heavy atom. The molecule has 6 heteroatoms. The van der Waals surface area contributed by atoms with Crippen molar-refractivity contribution in [3.8, 4) is 0 Å². The first kappa shape index (κ1) is 13.5. The van der Waals surface area contributed by atoms with Crippen molar-refractivity contribution in [1.82, 2.24) is 19.1 Å². The zero-order valence-electron chi connectivity index (χ0n) is 11.3. The molecule has 0 unspecified atom stereocenters. The lowest BCUT2D eigenvalue weighted by Gasteiger charge is -2.43. The third-order valence-electron chi connectivity index (χ3n) is 4.01. The normalized spacial score (nSPS) is 27.5. The summed E-state index contributed by atoms with van der Waals surface area (Å²) in [4.78, 5) is 4.61. The summed E-state index contributed by atoms with van der Waals surface area (Å²) in [6.07, 6.45) is 0. The van der Waals surface area contributed by atoms with Gasteiger partial charge in [-0.1, -0.05) is 0 Å². The van der Waals surface area contributed by atoms with E-state index in [2.05, 4.69) is 33.2 Å². The lowest BCUT2D eigenvalue weighted by atomic mass is 10.4. The summed E-state index contributed by atoms with van der Waals surface area (Å²) >= 11 is 0. The molecule has 5 nitrogen and oxygen atoms in total. The molecular weight excluding hydrogens is 235 g/mol. The molecule has 2 rings (SSSR count). The first-order valence-corrected chi connectivity index (χ1v) is 8.51. The van der Waals surface area contributed by atoms with Gasteiger partial charge in [0.25, 0.3) is 0 Å². The van der Waals surface area contributed by atoms with Gasteiger partial charge in [-0.15, -0.1) is 0 Å². The van der Waals surface area contributed by atoms with E-state index >= 15 is 0 Å². The lowest BCUT2D eigenvalue weighted by Crippen LogP contribution is -2.49. The van der Waals surface area contributed by atoms with Gasteiger partial charge >= 0.3 is 0 Å². The fourth-order valence-corrected chi connectivity index (χ4v) is 4.71. The second-order valence-corrected chi connectivity index (χ2v) is 8.15. The molecule has 2 heterocycles. The van der Waals surface area contributed by atoms with Crippen LogP contribution in [0.1, 0.15) is 0 Å². The summed E-state index contributed by atoms with van der Waals surface area (Å²) in [5.74, 6) is 0. The number of rotatable bonds is 2. The van der Waals surface area contributed by atoms with Gasteiger partial charge in [-0.3, -0.25) is 4.57 Å². The Hall–Kier alpha value is 0.0700. The van der Waals surface area contributed by atoms with Crippen molar-refractivity contribution in [3.63, 3.8) is 0 Å². The zero-order valence-corrected chi connectivity index (χ0v) is 12.2. The van der Waals surface area contributed by atoms with Gasteiger partial charge in [0, 0.05) is 59.0 Å². The molecule has 0 N–H and O–H groups in total. The number of likely N-dealkylation sites (N-methyl/N-ethyl adjacent to an activating group) is 2. The van der Waals surface area contributed by atoms with Crippen molar-refractivity contribution in [3.05, 3.63) is 0 Å². The molecule has 2 fully saturated rings. The molecule has 0 atom stereocenters. The fraction of sp³-hybridized carbons (Fsp3) is 1.00. The van der Waals surface area contributed by atoms with Crippen molar-refractivity contribution < 1.29 is 4.57 Å². The van der Waals surface area contributed by atoms with Crippen molar-refractivity contribution in [2.75, 3.05) is 73.1 Å². The van der Waals surface area contributed by atoms with E-state index in [4.69, 9.17) is 0 Å². The lowest BCUT2D eigenvalue weighted by molar-refractivity contribution is 0.185. The Morgan fingerprint density at radius 1 is 0.706 bits per heavy atom. The molecule has 0 amide bonds.